The smallest absolute Gasteiger partial charge is 0.191 e. The van der Waals surface area contributed by atoms with Gasteiger partial charge >= 0.3 is 0 Å². The van der Waals surface area contributed by atoms with E-state index in [9.17, 15) is 9.59 Å². The maximum absolute atomic E-state index is 11.7. The number of aromatic amines is 1. The maximum atomic E-state index is 11.7. The van der Waals surface area contributed by atoms with E-state index in [0.717, 1.165) is 0 Å². The number of halogens is 2. The Kier molecular flexibility index (Phi) is 2.74. The molecular weight excluding hydrogens is 249 g/mol. The average molecular weight is 256 g/mol. The molecule has 1 aromatic heterocycles. The Balaban J connectivity index is 2.93. The highest BCUT2D eigenvalue weighted by Gasteiger charge is 2.09. The van der Waals surface area contributed by atoms with E-state index in [-0.39, 0.29) is 21.9 Å². The number of benzene rings is 1. The Labute approximate surface area is 101 Å². The molecule has 0 saturated carbocycles. The first-order valence-electron chi connectivity index (χ1n) is 4.52. The molecule has 0 amide bonds. The highest BCUT2D eigenvalue weighted by molar-refractivity contribution is 6.38. The summed E-state index contributed by atoms with van der Waals surface area (Å²) in [6.07, 6.45) is 0. The first-order valence-corrected chi connectivity index (χ1v) is 5.27. The number of aromatic nitrogens is 1. The van der Waals surface area contributed by atoms with Crippen LogP contribution in [0.25, 0.3) is 10.9 Å². The predicted molar refractivity (Wildman–Crippen MR) is 64.6 cm³/mol. The lowest BCUT2D eigenvalue weighted by molar-refractivity contribution is 0.101. The summed E-state index contributed by atoms with van der Waals surface area (Å²) in [5, 5.41) is 1.03. The molecule has 0 unspecified atom stereocenters. The number of carbonyl (C=O) groups excluding carboxylic acids is 1. The minimum atomic E-state index is -0.291. The Morgan fingerprint density at radius 1 is 1.25 bits per heavy atom. The number of Topliss-reactive ketones (excluding diaryl/α,β-unsaturated/α-hetero) is 1. The van der Waals surface area contributed by atoms with Gasteiger partial charge in [0.1, 0.15) is 0 Å². The predicted octanol–water partition coefficient (Wildman–Crippen LogP) is 3.04. The first-order chi connectivity index (χ1) is 7.49. The van der Waals surface area contributed by atoms with Gasteiger partial charge in [-0.15, -0.1) is 0 Å². The number of rotatable bonds is 1. The van der Waals surface area contributed by atoms with Crippen molar-refractivity contribution < 1.29 is 4.79 Å². The summed E-state index contributed by atoms with van der Waals surface area (Å²) in [5.41, 5.74) is 0.423. The molecule has 0 radical (unpaired) electrons. The normalized spacial score (nSPS) is 10.7. The van der Waals surface area contributed by atoms with Gasteiger partial charge in [-0.2, -0.15) is 0 Å². The Morgan fingerprint density at radius 2 is 1.94 bits per heavy atom. The number of H-pyrrole nitrogens is 1. The molecule has 0 spiro atoms. The fourth-order valence-electron chi connectivity index (χ4n) is 1.50. The molecule has 0 aliphatic carbocycles. The number of hydrogen-bond acceptors (Lipinski definition) is 2. The lowest BCUT2D eigenvalue weighted by Crippen LogP contribution is -2.08. The van der Waals surface area contributed by atoms with Gasteiger partial charge in [0.05, 0.1) is 21.6 Å². The van der Waals surface area contributed by atoms with E-state index in [0.29, 0.717) is 15.9 Å². The van der Waals surface area contributed by atoms with E-state index in [1.807, 2.05) is 0 Å². The van der Waals surface area contributed by atoms with Crippen LogP contribution in [0.4, 0.5) is 0 Å². The van der Waals surface area contributed by atoms with E-state index in [4.69, 9.17) is 23.2 Å². The molecule has 1 heterocycles. The van der Waals surface area contributed by atoms with Crippen LogP contribution in [0.2, 0.25) is 10.0 Å². The lowest BCUT2D eigenvalue weighted by Gasteiger charge is -2.03. The fourth-order valence-corrected chi connectivity index (χ4v) is 2.08. The van der Waals surface area contributed by atoms with Crippen LogP contribution in [0, 0.1) is 0 Å². The van der Waals surface area contributed by atoms with Gasteiger partial charge in [-0.25, -0.2) is 0 Å². The Morgan fingerprint density at radius 3 is 2.56 bits per heavy atom. The number of hydrogen-bond donors (Lipinski definition) is 1. The van der Waals surface area contributed by atoms with Crippen LogP contribution >= 0.6 is 23.2 Å². The van der Waals surface area contributed by atoms with Crippen molar-refractivity contribution in [3.8, 4) is 0 Å². The minimum Gasteiger partial charge on any atom is -0.352 e. The molecule has 0 fully saturated rings. The van der Waals surface area contributed by atoms with E-state index in [1.165, 1.54) is 19.1 Å². The van der Waals surface area contributed by atoms with Crippen LogP contribution in [-0.2, 0) is 0 Å². The van der Waals surface area contributed by atoms with E-state index in [1.54, 1.807) is 6.07 Å². The topological polar surface area (TPSA) is 49.9 Å². The summed E-state index contributed by atoms with van der Waals surface area (Å²) >= 11 is 11.7. The average Bonchev–Trinajstić information content (AvgIpc) is 2.15. The van der Waals surface area contributed by atoms with E-state index in [2.05, 4.69) is 4.98 Å². The number of pyridine rings is 1. The van der Waals surface area contributed by atoms with Gasteiger partial charge in [-0.1, -0.05) is 23.2 Å². The summed E-state index contributed by atoms with van der Waals surface area (Å²) in [4.78, 5) is 25.7. The summed E-state index contributed by atoms with van der Waals surface area (Å²) in [6.45, 7) is 1.38. The third-order valence-corrected chi connectivity index (χ3v) is 2.74. The van der Waals surface area contributed by atoms with Crippen LogP contribution in [0.15, 0.2) is 23.0 Å². The van der Waals surface area contributed by atoms with Gasteiger partial charge in [0, 0.05) is 18.0 Å². The molecule has 2 aromatic rings. The summed E-state index contributed by atoms with van der Waals surface area (Å²) in [5.74, 6) is -0.213. The standard InChI is InChI=1S/C11H7Cl2NO2/c1-5(15)8-4-10(16)11-7(13)2-6(12)3-9(11)14-8/h2-4H,1H3,(H,14,16). The maximum Gasteiger partial charge on any atom is 0.191 e. The number of nitrogens with one attached hydrogen (secondary N) is 1. The fraction of sp³-hybridized carbons (Fsp3) is 0.0909. The van der Waals surface area contributed by atoms with Crippen molar-refractivity contribution in [3.05, 3.63) is 44.2 Å². The molecule has 1 N–H and O–H groups in total. The quantitative estimate of drug-likeness (QED) is 0.797. The summed E-state index contributed by atoms with van der Waals surface area (Å²) in [6, 6.07) is 4.30. The number of carbonyl (C=O) groups is 1. The monoisotopic (exact) mass is 255 g/mol. The largest absolute Gasteiger partial charge is 0.352 e. The second-order valence-corrected chi connectivity index (χ2v) is 4.26. The molecule has 0 aliphatic rings. The molecule has 0 atom stereocenters. The molecule has 0 saturated heterocycles. The van der Waals surface area contributed by atoms with Crippen LogP contribution < -0.4 is 5.43 Å². The molecule has 82 valence electrons. The van der Waals surface area contributed by atoms with E-state index < -0.39 is 0 Å². The van der Waals surface area contributed by atoms with Gasteiger partial charge < -0.3 is 4.98 Å². The van der Waals surface area contributed by atoms with Gasteiger partial charge in [-0.05, 0) is 12.1 Å². The zero-order chi connectivity index (χ0) is 11.9. The molecule has 2 rings (SSSR count). The molecular formula is C11H7Cl2NO2. The molecule has 5 heteroatoms. The highest BCUT2D eigenvalue weighted by Crippen LogP contribution is 2.24. The molecule has 0 bridgehead atoms. The van der Waals surface area contributed by atoms with Crippen LogP contribution in [0.3, 0.4) is 0 Å². The number of fused-ring (bicyclic) bond motifs is 1. The van der Waals surface area contributed by atoms with Crippen LogP contribution in [0.5, 0.6) is 0 Å². The van der Waals surface area contributed by atoms with Gasteiger partial charge in [0.2, 0.25) is 0 Å². The van der Waals surface area contributed by atoms with Crippen molar-refractivity contribution in [2.24, 2.45) is 0 Å². The molecule has 1 aromatic carbocycles. The zero-order valence-corrected chi connectivity index (χ0v) is 9.82. The van der Waals surface area contributed by atoms with Crippen molar-refractivity contribution in [3.63, 3.8) is 0 Å². The van der Waals surface area contributed by atoms with Crippen molar-refractivity contribution >= 4 is 39.9 Å². The zero-order valence-electron chi connectivity index (χ0n) is 8.30. The summed E-state index contributed by atoms with van der Waals surface area (Å²) < 4.78 is 0. The minimum absolute atomic E-state index is 0.213. The second-order valence-electron chi connectivity index (χ2n) is 3.41. The van der Waals surface area contributed by atoms with E-state index >= 15 is 0 Å². The Hall–Kier alpha value is -1.32. The molecule has 3 nitrogen and oxygen atoms in total. The SMILES string of the molecule is CC(=O)c1cc(=O)c2c(Cl)cc(Cl)cc2[nH]1. The first kappa shape index (κ1) is 11.2. The summed E-state index contributed by atoms with van der Waals surface area (Å²) in [7, 11) is 0. The van der Waals surface area contributed by atoms with Gasteiger partial charge in [0.15, 0.2) is 11.2 Å². The van der Waals surface area contributed by atoms with Gasteiger partial charge in [0.25, 0.3) is 0 Å². The van der Waals surface area contributed by atoms with Crippen LogP contribution in [-0.4, -0.2) is 10.8 Å². The molecule has 0 aliphatic heterocycles. The van der Waals surface area contributed by atoms with Crippen molar-refractivity contribution in [1.82, 2.24) is 4.98 Å². The van der Waals surface area contributed by atoms with Crippen LogP contribution in [0.1, 0.15) is 17.4 Å². The second kappa shape index (κ2) is 3.92. The molecule has 16 heavy (non-hydrogen) atoms. The number of ketones is 1. The third-order valence-electron chi connectivity index (χ3n) is 2.23. The third kappa shape index (κ3) is 1.84. The highest BCUT2D eigenvalue weighted by atomic mass is 35.5. The van der Waals surface area contributed by atoms with Crippen molar-refractivity contribution in [2.75, 3.05) is 0 Å². The Bertz CT molecular complexity index is 646. The van der Waals surface area contributed by atoms with Crippen molar-refractivity contribution in [2.45, 2.75) is 6.92 Å². The van der Waals surface area contributed by atoms with Crippen molar-refractivity contribution in [1.29, 1.82) is 0 Å². The van der Waals surface area contributed by atoms with Gasteiger partial charge in [-0.3, -0.25) is 9.59 Å². The lowest BCUT2D eigenvalue weighted by atomic mass is 10.1.